The van der Waals surface area contributed by atoms with E-state index in [1.165, 1.54) is 0 Å². The van der Waals surface area contributed by atoms with E-state index in [4.69, 9.17) is 4.74 Å². The molecule has 3 heterocycles. The highest BCUT2D eigenvalue weighted by atomic mass is 16.5. The van der Waals surface area contributed by atoms with Gasteiger partial charge in [0, 0.05) is 25.8 Å². The molecule has 0 N–H and O–H groups in total. The summed E-state index contributed by atoms with van der Waals surface area (Å²) in [5.74, 6) is 0.0565. The summed E-state index contributed by atoms with van der Waals surface area (Å²) in [6, 6.07) is 4.04. The molecule has 2 atom stereocenters. The molecule has 2 saturated heterocycles. The average Bonchev–Trinajstić information content (AvgIpc) is 2.53. The minimum absolute atomic E-state index is 0.0565. The number of morpholine rings is 1. The van der Waals surface area contributed by atoms with Gasteiger partial charge in [0.05, 0.1) is 18.8 Å². The van der Waals surface area contributed by atoms with E-state index in [0.717, 1.165) is 31.5 Å². The highest BCUT2D eigenvalue weighted by Gasteiger charge is 2.39. The minimum Gasteiger partial charge on any atom is -0.374 e. The van der Waals surface area contributed by atoms with E-state index in [9.17, 15) is 4.79 Å². The first-order chi connectivity index (χ1) is 10.2. The Morgan fingerprint density at radius 3 is 3.14 bits per heavy atom. The third-order valence-corrected chi connectivity index (χ3v) is 4.52. The molecule has 0 aromatic carbocycles. The van der Waals surface area contributed by atoms with Gasteiger partial charge in [0.15, 0.2) is 0 Å². The summed E-state index contributed by atoms with van der Waals surface area (Å²) < 4.78 is 5.86. The molecule has 1 aromatic heterocycles. The summed E-state index contributed by atoms with van der Waals surface area (Å²) in [4.78, 5) is 21.5. The van der Waals surface area contributed by atoms with E-state index in [0.29, 0.717) is 18.8 Å². The topological polar surface area (TPSA) is 45.7 Å². The molecule has 5 heteroatoms. The lowest BCUT2D eigenvalue weighted by atomic mass is 9.98. The van der Waals surface area contributed by atoms with Gasteiger partial charge in [-0.25, -0.2) is 0 Å². The van der Waals surface area contributed by atoms with Crippen molar-refractivity contribution in [3.8, 4) is 0 Å². The van der Waals surface area contributed by atoms with Crippen molar-refractivity contribution in [1.82, 2.24) is 14.8 Å². The van der Waals surface area contributed by atoms with E-state index in [2.05, 4.69) is 23.9 Å². The highest BCUT2D eigenvalue weighted by molar-refractivity contribution is 5.94. The lowest BCUT2D eigenvalue weighted by Gasteiger charge is -2.46. The van der Waals surface area contributed by atoms with Gasteiger partial charge in [-0.15, -0.1) is 0 Å². The van der Waals surface area contributed by atoms with E-state index < -0.39 is 0 Å². The number of fused-ring (bicyclic) bond motifs is 1. The fourth-order valence-corrected chi connectivity index (χ4v) is 3.33. The van der Waals surface area contributed by atoms with E-state index in [-0.39, 0.29) is 18.1 Å². The second-order valence-corrected chi connectivity index (χ2v) is 5.89. The molecule has 0 unspecified atom stereocenters. The van der Waals surface area contributed by atoms with Crippen LogP contribution in [0, 0.1) is 0 Å². The van der Waals surface area contributed by atoms with Crippen molar-refractivity contribution in [2.45, 2.75) is 31.9 Å². The number of carbonyl (C=O) groups excluding carboxylic acids is 1. The minimum atomic E-state index is 0.0565. The third-order valence-electron chi connectivity index (χ3n) is 4.52. The molecular formula is C16H23N3O2. The van der Waals surface area contributed by atoms with Crippen LogP contribution in [-0.4, -0.2) is 66.1 Å². The first-order valence-corrected chi connectivity index (χ1v) is 7.75. The van der Waals surface area contributed by atoms with Gasteiger partial charge >= 0.3 is 0 Å². The molecule has 1 amide bonds. The summed E-state index contributed by atoms with van der Waals surface area (Å²) in [7, 11) is 2.10. The van der Waals surface area contributed by atoms with Gasteiger partial charge in [-0.3, -0.25) is 9.78 Å². The fourth-order valence-electron chi connectivity index (χ4n) is 3.33. The molecule has 0 radical (unpaired) electrons. The number of amides is 1. The number of rotatable bonds is 2. The molecule has 0 saturated carbocycles. The number of aryl methyl sites for hydroxylation is 1. The number of aromatic nitrogens is 1. The van der Waals surface area contributed by atoms with Crippen molar-refractivity contribution in [2.24, 2.45) is 0 Å². The van der Waals surface area contributed by atoms with Gasteiger partial charge in [-0.1, -0.05) is 13.0 Å². The van der Waals surface area contributed by atoms with Crippen LogP contribution in [0.3, 0.4) is 0 Å². The van der Waals surface area contributed by atoms with Crippen molar-refractivity contribution in [3.63, 3.8) is 0 Å². The fraction of sp³-hybridized carbons (Fsp3) is 0.625. The molecule has 1 aromatic rings. The summed E-state index contributed by atoms with van der Waals surface area (Å²) in [5.41, 5.74) is 1.63. The van der Waals surface area contributed by atoms with Crippen LogP contribution >= 0.6 is 0 Å². The van der Waals surface area contributed by atoms with Gasteiger partial charge in [-0.2, -0.15) is 0 Å². The second kappa shape index (κ2) is 6.12. The quantitative estimate of drug-likeness (QED) is 0.820. The Bertz CT molecular complexity index is 520. The predicted octanol–water partition coefficient (Wildman–Crippen LogP) is 1.19. The zero-order valence-electron chi connectivity index (χ0n) is 12.8. The maximum absolute atomic E-state index is 12.9. The first-order valence-electron chi connectivity index (χ1n) is 7.75. The normalized spacial score (nSPS) is 26.5. The van der Waals surface area contributed by atoms with Gasteiger partial charge < -0.3 is 14.5 Å². The van der Waals surface area contributed by atoms with Crippen LogP contribution in [0.1, 0.15) is 29.4 Å². The maximum Gasteiger partial charge on any atom is 0.273 e. The van der Waals surface area contributed by atoms with Crippen LogP contribution in [0.5, 0.6) is 0 Å². The molecule has 2 fully saturated rings. The van der Waals surface area contributed by atoms with E-state index in [1.807, 2.05) is 17.0 Å². The van der Waals surface area contributed by atoms with Crippen LogP contribution in [-0.2, 0) is 11.2 Å². The van der Waals surface area contributed by atoms with Crippen LogP contribution in [0.2, 0.25) is 0 Å². The molecule has 3 rings (SSSR count). The van der Waals surface area contributed by atoms with Crippen molar-refractivity contribution < 1.29 is 9.53 Å². The Kier molecular flexibility index (Phi) is 4.22. The molecular weight excluding hydrogens is 266 g/mol. The Labute approximate surface area is 125 Å². The predicted molar refractivity (Wildman–Crippen MR) is 80.3 cm³/mol. The van der Waals surface area contributed by atoms with Crippen molar-refractivity contribution in [2.75, 3.05) is 33.3 Å². The second-order valence-electron chi connectivity index (χ2n) is 5.89. The third kappa shape index (κ3) is 2.80. The number of likely N-dealkylation sites (N-methyl/N-ethyl adjacent to an activating group) is 1. The number of piperidine rings is 1. The number of ether oxygens (including phenoxy) is 1. The summed E-state index contributed by atoms with van der Waals surface area (Å²) in [6.07, 6.45) is 3.70. The highest BCUT2D eigenvalue weighted by Crippen LogP contribution is 2.24. The maximum atomic E-state index is 12.9. The Morgan fingerprint density at radius 1 is 1.48 bits per heavy atom. The summed E-state index contributed by atoms with van der Waals surface area (Å²) >= 11 is 0. The molecule has 5 nitrogen and oxygen atoms in total. The van der Waals surface area contributed by atoms with Crippen molar-refractivity contribution >= 4 is 5.91 Å². The molecule has 0 aliphatic carbocycles. The zero-order chi connectivity index (χ0) is 14.8. The lowest BCUT2D eigenvalue weighted by Crippen LogP contribution is -2.60. The molecule has 2 aliphatic heterocycles. The van der Waals surface area contributed by atoms with Crippen LogP contribution in [0.25, 0.3) is 0 Å². The standard InChI is InChI=1S/C16H23N3O2/c1-3-12-5-4-7-17-15(12)16(20)19-9-10-21-14-6-8-18(2)11-13(14)19/h4-5,7,13-14H,3,6,8-11H2,1-2H3/t13-,14-/m0/s1. The summed E-state index contributed by atoms with van der Waals surface area (Å²) in [5, 5.41) is 0. The average molecular weight is 289 g/mol. The first kappa shape index (κ1) is 14.5. The molecule has 0 bridgehead atoms. The number of hydrogen-bond acceptors (Lipinski definition) is 4. The smallest absolute Gasteiger partial charge is 0.273 e. The van der Waals surface area contributed by atoms with Gasteiger partial charge in [0.2, 0.25) is 0 Å². The molecule has 0 spiro atoms. The van der Waals surface area contributed by atoms with Crippen LogP contribution < -0.4 is 0 Å². The van der Waals surface area contributed by atoms with Gasteiger partial charge in [-0.05, 0) is 31.5 Å². The Balaban J connectivity index is 1.85. The van der Waals surface area contributed by atoms with E-state index >= 15 is 0 Å². The van der Waals surface area contributed by atoms with Crippen LogP contribution in [0.4, 0.5) is 0 Å². The van der Waals surface area contributed by atoms with E-state index in [1.54, 1.807) is 6.20 Å². The molecule has 114 valence electrons. The zero-order valence-corrected chi connectivity index (χ0v) is 12.8. The number of nitrogens with zero attached hydrogens (tertiary/aromatic N) is 3. The molecule has 2 aliphatic rings. The number of likely N-dealkylation sites (tertiary alicyclic amines) is 1. The van der Waals surface area contributed by atoms with Crippen LogP contribution in [0.15, 0.2) is 18.3 Å². The van der Waals surface area contributed by atoms with Gasteiger partial charge in [0.1, 0.15) is 5.69 Å². The molecule has 21 heavy (non-hydrogen) atoms. The number of pyridine rings is 1. The van der Waals surface area contributed by atoms with Crippen molar-refractivity contribution in [3.05, 3.63) is 29.6 Å². The number of carbonyl (C=O) groups is 1. The lowest BCUT2D eigenvalue weighted by molar-refractivity contribution is -0.0871. The SMILES string of the molecule is CCc1cccnc1C(=O)N1CCO[C@H]2CCN(C)C[C@@H]21. The van der Waals surface area contributed by atoms with Crippen molar-refractivity contribution in [1.29, 1.82) is 0 Å². The number of hydrogen-bond donors (Lipinski definition) is 0. The largest absolute Gasteiger partial charge is 0.374 e. The Hall–Kier alpha value is -1.46. The summed E-state index contributed by atoms with van der Waals surface area (Å²) in [6.45, 7) is 5.26. The monoisotopic (exact) mass is 289 g/mol. The van der Waals surface area contributed by atoms with Gasteiger partial charge in [0.25, 0.3) is 5.91 Å². The Morgan fingerprint density at radius 2 is 2.33 bits per heavy atom.